The van der Waals surface area contributed by atoms with Crippen LogP contribution in [-0.2, 0) is 10.0 Å². The third kappa shape index (κ3) is 3.03. The smallest absolute Gasteiger partial charge is 0.264 e. The zero-order valence-electron chi connectivity index (χ0n) is 10.7. The monoisotopic (exact) mass is 277 g/mol. The molecule has 0 aliphatic heterocycles. The Bertz CT molecular complexity index is 667. The number of sulfonamides is 1. The zero-order chi connectivity index (χ0) is 13.9. The minimum atomic E-state index is -3.62. The van der Waals surface area contributed by atoms with Gasteiger partial charge in [-0.15, -0.1) is 0 Å². The predicted molar refractivity (Wildman–Crippen MR) is 75.8 cm³/mol. The van der Waals surface area contributed by atoms with E-state index in [0.717, 1.165) is 5.69 Å². The summed E-state index contributed by atoms with van der Waals surface area (Å²) in [4.78, 5) is 4.26. The molecule has 5 nitrogen and oxygen atoms in total. The Kier molecular flexibility index (Phi) is 3.71. The highest BCUT2D eigenvalue weighted by Gasteiger charge is 2.17. The second-order valence-corrected chi connectivity index (χ2v) is 5.69. The predicted octanol–water partition coefficient (Wildman–Crippen LogP) is 2.23. The van der Waals surface area contributed by atoms with Crippen molar-refractivity contribution in [3.05, 3.63) is 48.3 Å². The van der Waals surface area contributed by atoms with E-state index >= 15 is 0 Å². The quantitative estimate of drug-likeness (QED) is 0.899. The minimum absolute atomic E-state index is 0.207. The zero-order valence-corrected chi connectivity index (χ0v) is 11.5. The Labute approximate surface area is 112 Å². The number of pyridine rings is 1. The number of aromatic nitrogens is 1. The van der Waals surface area contributed by atoms with Gasteiger partial charge in [0, 0.05) is 12.7 Å². The van der Waals surface area contributed by atoms with E-state index in [1.165, 1.54) is 6.20 Å². The molecule has 19 heavy (non-hydrogen) atoms. The van der Waals surface area contributed by atoms with Crippen LogP contribution in [0.25, 0.3) is 0 Å². The van der Waals surface area contributed by atoms with Gasteiger partial charge in [0.2, 0.25) is 0 Å². The maximum atomic E-state index is 12.3. The molecule has 1 aromatic heterocycles. The molecule has 1 heterocycles. The number of benzene rings is 1. The van der Waals surface area contributed by atoms with Crippen LogP contribution in [-0.4, -0.2) is 20.4 Å². The van der Waals surface area contributed by atoms with E-state index in [2.05, 4.69) is 15.0 Å². The summed E-state index contributed by atoms with van der Waals surface area (Å²) >= 11 is 0. The van der Waals surface area contributed by atoms with Crippen molar-refractivity contribution in [1.82, 2.24) is 4.98 Å². The van der Waals surface area contributed by atoms with Gasteiger partial charge in [0.25, 0.3) is 10.0 Å². The van der Waals surface area contributed by atoms with Crippen LogP contribution in [0.1, 0.15) is 5.69 Å². The summed E-state index contributed by atoms with van der Waals surface area (Å²) in [6, 6.07) is 10.2. The third-order valence-electron chi connectivity index (χ3n) is 2.61. The second-order valence-electron chi connectivity index (χ2n) is 4.04. The van der Waals surface area contributed by atoms with Crippen LogP contribution in [0.15, 0.2) is 47.5 Å². The molecule has 0 unspecified atom stereocenters. The molecule has 0 radical (unpaired) electrons. The summed E-state index contributed by atoms with van der Waals surface area (Å²) in [5.74, 6) is 0. The molecule has 0 atom stereocenters. The Balaban J connectivity index is 2.35. The highest BCUT2D eigenvalue weighted by molar-refractivity contribution is 7.92. The number of nitrogens with zero attached hydrogens (tertiary/aromatic N) is 1. The maximum absolute atomic E-state index is 12.3. The van der Waals surface area contributed by atoms with Crippen molar-refractivity contribution in [3.63, 3.8) is 0 Å². The van der Waals surface area contributed by atoms with Gasteiger partial charge >= 0.3 is 0 Å². The number of nitrogens with one attached hydrogen (secondary N) is 2. The van der Waals surface area contributed by atoms with Gasteiger partial charge in [0.1, 0.15) is 4.90 Å². The molecule has 0 aliphatic carbocycles. The van der Waals surface area contributed by atoms with Crippen LogP contribution in [0.5, 0.6) is 0 Å². The fourth-order valence-electron chi connectivity index (χ4n) is 1.65. The van der Waals surface area contributed by atoms with Gasteiger partial charge in [-0.1, -0.05) is 12.1 Å². The van der Waals surface area contributed by atoms with Crippen LogP contribution in [0.3, 0.4) is 0 Å². The fraction of sp³-hybridized carbons (Fsp3) is 0.154. The lowest BCUT2D eigenvalue weighted by Gasteiger charge is -2.11. The molecule has 2 aromatic rings. The number of aryl methyl sites for hydroxylation is 1. The lowest BCUT2D eigenvalue weighted by atomic mass is 10.3. The summed E-state index contributed by atoms with van der Waals surface area (Å²) in [7, 11) is -1.94. The molecule has 1 aromatic carbocycles. The first-order chi connectivity index (χ1) is 9.03. The minimum Gasteiger partial charge on any atom is -0.387 e. The van der Waals surface area contributed by atoms with Crippen LogP contribution >= 0.6 is 0 Å². The first-order valence-corrected chi connectivity index (χ1v) is 7.23. The highest BCUT2D eigenvalue weighted by Crippen LogP contribution is 2.22. The summed E-state index contributed by atoms with van der Waals surface area (Å²) in [6.45, 7) is 1.84. The molecule has 2 N–H and O–H groups in total. The van der Waals surface area contributed by atoms with Gasteiger partial charge in [0.05, 0.1) is 17.6 Å². The molecule has 100 valence electrons. The average molecular weight is 277 g/mol. The van der Waals surface area contributed by atoms with Gasteiger partial charge in [-0.05, 0) is 31.2 Å². The summed E-state index contributed by atoms with van der Waals surface area (Å²) in [5, 5.41) is 2.86. The molecule has 0 bridgehead atoms. The topological polar surface area (TPSA) is 71.1 Å². The first-order valence-electron chi connectivity index (χ1n) is 5.75. The first kappa shape index (κ1) is 13.4. The molecule has 0 saturated carbocycles. The van der Waals surface area contributed by atoms with E-state index in [1.807, 2.05) is 6.92 Å². The lowest BCUT2D eigenvalue weighted by Crippen LogP contribution is -2.14. The fourth-order valence-corrected chi connectivity index (χ4v) is 2.90. The Hall–Kier alpha value is -2.08. The summed E-state index contributed by atoms with van der Waals surface area (Å²) in [5.41, 5.74) is 1.82. The molecular formula is C13H15N3O2S. The van der Waals surface area contributed by atoms with E-state index in [9.17, 15) is 8.42 Å². The lowest BCUT2D eigenvalue weighted by molar-refractivity contribution is 0.601. The van der Waals surface area contributed by atoms with E-state index in [1.54, 1.807) is 43.4 Å². The van der Waals surface area contributed by atoms with Crippen molar-refractivity contribution >= 4 is 21.4 Å². The molecule has 0 fully saturated rings. The molecule has 0 saturated heterocycles. The second kappa shape index (κ2) is 5.27. The summed E-state index contributed by atoms with van der Waals surface area (Å²) < 4.78 is 27.1. The maximum Gasteiger partial charge on any atom is 0.264 e. The largest absolute Gasteiger partial charge is 0.387 e. The van der Waals surface area contributed by atoms with Gasteiger partial charge in [0.15, 0.2) is 0 Å². The van der Waals surface area contributed by atoms with Crippen molar-refractivity contribution < 1.29 is 8.42 Å². The molecule has 6 heteroatoms. The van der Waals surface area contributed by atoms with Crippen LogP contribution < -0.4 is 10.0 Å². The molecule has 0 spiro atoms. The summed E-state index contributed by atoms with van der Waals surface area (Å²) in [6.07, 6.45) is 1.49. The van der Waals surface area contributed by atoms with Gasteiger partial charge in [-0.2, -0.15) is 0 Å². The molecule has 0 aliphatic rings. The Morgan fingerprint density at radius 1 is 1.11 bits per heavy atom. The van der Waals surface area contributed by atoms with Crippen molar-refractivity contribution in [2.24, 2.45) is 0 Å². The van der Waals surface area contributed by atoms with Gasteiger partial charge < -0.3 is 5.32 Å². The van der Waals surface area contributed by atoms with Gasteiger partial charge in [-0.25, -0.2) is 8.42 Å². The van der Waals surface area contributed by atoms with E-state index in [0.29, 0.717) is 11.4 Å². The Morgan fingerprint density at radius 3 is 2.47 bits per heavy atom. The van der Waals surface area contributed by atoms with Crippen LogP contribution in [0.4, 0.5) is 11.4 Å². The average Bonchev–Trinajstić information content (AvgIpc) is 2.41. The van der Waals surface area contributed by atoms with Crippen LogP contribution in [0, 0.1) is 6.92 Å². The number of anilines is 2. The van der Waals surface area contributed by atoms with Crippen LogP contribution in [0.2, 0.25) is 0 Å². The van der Waals surface area contributed by atoms with E-state index in [-0.39, 0.29) is 4.90 Å². The SMILES string of the molecule is CNc1ccccc1S(=O)(=O)Nc1ccc(C)nc1. The number of rotatable bonds is 4. The standard InChI is InChI=1S/C13H15N3O2S/c1-10-7-8-11(9-15-10)16-19(17,18)13-6-4-3-5-12(13)14-2/h3-9,14,16H,1-2H3. The molecule has 0 amide bonds. The normalized spacial score (nSPS) is 11.1. The molecular weight excluding hydrogens is 262 g/mol. The van der Waals surface area contributed by atoms with Crippen molar-refractivity contribution in [2.45, 2.75) is 11.8 Å². The van der Waals surface area contributed by atoms with Crippen molar-refractivity contribution in [3.8, 4) is 0 Å². The highest BCUT2D eigenvalue weighted by atomic mass is 32.2. The van der Waals surface area contributed by atoms with Crippen molar-refractivity contribution in [2.75, 3.05) is 17.1 Å². The Morgan fingerprint density at radius 2 is 1.84 bits per heavy atom. The number of hydrogen-bond donors (Lipinski definition) is 2. The third-order valence-corrected chi connectivity index (χ3v) is 4.05. The number of para-hydroxylation sites is 1. The van der Waals surface area contributed by atoms with E-state index in [4.69, 9.17) is 0 Å². The van der Waals surface area contributed by atoms with Crippen molar-refractivity contribution in [1.29, 1.82) is 0 Å². The number of hydrogen-bond acceptors (Lipinski definition) is 4. The van der Waals surface area contributed by atoms with Gasteiger partial charge in [-0.3, -0.25) is 9.71 Å². The molecule has 2 rings (SSSR count). The van der Waals surface area contributed by atoms with E-state index < -0.39 is 10.0 Å².